The fourth-order valence-electron chi connectivity index (χ4n) is 2.51. The van der Waals surface area contributed by atoms with Crippen molar-refractivity contribution < 1.29 is 14.3 Å². The monoisotopic (exact) mass is 344 g/mol. The number of nitrogens with zero attached hydrogens (tertiary/aromatic N) is 2. The minimum absolute atomic E-state index is 0.228. The van der Waals surface area contributed by atoms with E-state index in [0.29, 0.717) is 23.0 Å². The molecule has 24 heavy (non-hydrogen) atoms. The summed E-state index contributed by atoms with van der Waals surface area (Å²) in [6, 6.07) is 11.3. The van der Waals surface area contributed by atoms with E-state index in [2.05, 4.69) is 4.98 Å². The maximum Gasteiger partial charge on any atom is 0.335 e. The molecule has 1 heterocycles. The lowest BCUT2D eigenvalue weighted by molar-refractivity contribution is 0.0696. The number of carboxylic acids is 1. The normalized spacial score (nSPS) is 10.8. The Kier molecular flexibility index (Phi) is 4.62. The predicted octanol–water partition coefficient (Wildman–Crippen LogP) is 4.01. The van der Waals surface area contributed by atoms with Crippen LogP contribution in [0.15, 0.2) is 54.9 Å². The van der Waals surface area contributed by atoms with Crippen LogP contribution in [0.1, 0.15) is 27.3 Å². The van der Waals surface area contributed by atoms with Crippen molar-refractivity contribution >= 4 is 17.6 Å². The van der Waals surface area contributed by atoms with Crippen molar-refractivity contribution in [2.24, 2.45) is 0 Å². The molecule has 2 aromatic carbocycles. The van der Waals surface area contributed by atoms with Crippen molar-refractivity contribution in [1.29, 1.82) is 0 Å². The summed E-state index contributed by atoms with van der Waals surface area (Å²) < 4.78 is 15.8. The van der Waals surface area contributed by atoms with Crippen LogP contribution in [-0.4, -0.2) is 20.6 Å². The lowest BCUT2D eigenvalue weighted by Crippen LogP contribution is -2.07. The van der Waals surface area contributed by atoms with E-state index in [-0.39, 0.29) is 17.8 Å². The molecule has 0 saturated heterocycles. The summed E-state index contributed by atoms with van der Waals surface area (Å²) in [5.41, 5.74) is 1.45. The summed E-state index contributed by atoms with van der Waals surface area (Å²) in [5.74, 6) is -0.687. The van der Waals surface area contributed by atoms with Gasteiger partial charge in [0.15, 0.2) is 0 Å². The standard InChI is InChI=1S/C18H14ClFN2O2/c19-15-5-2-6-16(20)14(15)10-17-21-7-8-22(17)11-12-3-1-4-13(9-12)18(23)24/h1-9H,10-11H2,(H,23,24). The number of halogens is 2. The first-order valence-electron chi connectivity index (χ1n) is 7.29. The highest BCUT2D eigenvalue weighted by molar-refractivity contribution is 6.31. The predicted molar refractivity (Wildman–Crippen MR) is 88.9 cm³/mol. The van der Waals surface area contributed by atoms with E-state index in [1.807, 2.05) is 10.6 Å². The van der Waals surface area contributed by atoms with Crippen molar-refractivity contribution in [3.05, 3.63) is 88.2 Å². The number of hydrogen-bond donors (Lipinski definition) is 1. The lowest BCUT2D eigenvalue weighted by Gasteiger charge is -2.10. The van der Waals surface area contributed by atoms with E-state index in [9.17, 15) is 9.18 Å². The van der Waals surface area contributed by atoms with E-state index >= 15 is 0 Å². The number of carboxylic acid groups (broad SMARTS) is 1. The minimum atomic E-state index is -0.971. The third-order valence-corrected chi connectivity index (χ3v) is 4.08. The van der Waals surface area contributed by atoms with Gasteiger partial charge in [0, 0.05) is 35.9 Å². The zero-order valence-electron chi connectivity index (χ0n) is 12.6. The zero-order chi connectivity index (χ0) is 17.1. The van der Waals surface area contributed by atoms with Gasteiger partial charge in [-0.25, -0.2) is 14.2 Å². The molecular formula is C18H14ClFN2O2. The van der Waals surface area contributed by atoms with Crippen molar-refractivity contribution in [2.75, 3.05) is 0 Å². The van der Waals surface area contributed by atoms with E-state index in [1.54, 1.807) is 42.7 Å². The highest BCUT2D eigenvalue weighted by Crippen LogP contribution is 2.22. The minimum Gasteiger partial charge on any atom is -0.478 e. The third kappa shape index (κ3) is 3.46. The molecule has 0 amide bonds. The zero-order valence-corrected chi connectivity index (χ0v) is 13.4. The topological polar surface area (TPSA) is 55.1 Å². The molecule has 0 atom stereocenters. The number of hydrogen-bond acceptors (Lipinski definition) is 2. The Morgan fingerprint density at radius 1 is 1.25 bits per heavy atom. The molecule has 1 N–H and O–H groups in total. The third-order valence-electron chi connectivity index (χ3n) is 3.73. The molecule has 4 nitrogen and oxygen atoms in total. The van der Waals surface area contributed by atoms with Gasteiger partial charge < -0.3 is 9.67 Å². The second-order valence-electron chi connectivity index (χ2n) is 5.35. The van der Waals surface area contributed by atoms with Gasteiger partial charge in [0.05, 0.1) is 5.56 Å². The van der Waals surface area contributed by atoms with Gasteiger partial charge in [0.1, 0.15) is 11.6 Å². The van der Waals surface area contributed by atoms with E-state index < -0.39 is 5.97 Å². The van der Waals surface area contributed by atoms with Crippen LogP contribution in [0.5, 0.6) is 0 Å². The molecule has 122 valence electrons. The lowest BCUT2D eigenvalue weighted by atomic mass is 10.1. The second-order valence-corrected chi connectivity index (χ2v) is 5.76. The second kappa shape index (κ2) is 6.84. The van der Waals surface area contributed by atoms with Gasteiger partial charge in [0.2, 0.25) is 0 Å². The first-order chi connectivity index (χ1) is 11.5. The summed E-state index contributed by atoms with van der Waals surface area (Å²) in [5, 5.41) is 9.43. The first kappa shape index (κ1) is 16.2. The summed E-state index contributed by atoms with van der Waals surface area (Å²) >= 11 is 6.07. The Hall–Kier alpha value is -2.66. The van der Waals surface area contributed by atoms with Crippen molar-refractivity contribution in [3.8, 4) is 0 Å². The van der Waals surface area contributed by atoms with Crippen LogP contribution < -0.4 is 0 Å². The molecule has 0 bridgehead atoms. The Labute approximate surface area is 143 Å². The molecule has 3 aromatic rings. The van der Waals surface area contributed by atoms with Crippen molar-refractivity contribution in [2.45, 2.75) is 13.0 Å². The molecule has 6 heteroatoms. The molecule has 0 unspecified atom stereocenters. The van der Waals surface area contributed by atoms with E-state index in [1.165, 1.54) is 6.07 Å². The average molecular weight is 345 g/mol. The van der Waals surface area contributed by atoms with Gasteiger partial charge in [-0.2, -0.15) is 0 Å². The molecule has 0 spiro atoms. The Balaban J connectivity index is 1.86. The fourth-order valence-corrected chi connectivity index (χ4v) is 2.74. The van der Waals surface area contributed by atoms with Gasteiger partial charge in [-0.3, -0.25) is 0 Å². The number of carbonyl (C=O) groups is 1. The molecule has 3 rings (SSSR count). The molecule has 1 aromatic heterocycles. The maximum absolute atomic E-state index is 14.0. The Bertz CT molecular complexity index is 872. The van der Waals surface area contributed by atoms with Crippen LogP contribution in [0.25, 0.3) is 0 Å². The SMILES string of the molecule is O=C(O)c1cccc(Cn2ccnc2Cc2c(F)cccc2Cl)c1. The van der Waals surface area contributed by atoms with Crippen LogP contribution >= 0.6 is 11.6 Å². The fraction of sp³-hybridized carbons (Fsp3) is 0.111. The highest BCUT2D eigenvalue weighted by atomic mass is 35.5. The quantitative estimate of drug-likeness (QED) is 0.760. The van der Waals surface area contributed by atoms with Crippen molar-refractivity contribution in [3.63, 3.8) is 0 Å². The van der Waals surface area contributed by atoms with Crippen LogP contribution in [0.3, 0.4) is 0 Å². The van der Waals surface area contributed by atoms with Crippen LogP contribution in [0, 0.1) is 5.82 Å². The summed E-state index contributed by atoms with van der Waals surface area (Å²) in [6.45, 7) is 0.447. The molecular weight excluding hydrogens is 331 g/mol. The number of aromatic nitrogens is 2. The van der Waals surface area contributed by atoms with E-state index in [0.717, 1.165) is 5.56 Å². The molecule has 0 radical (unpaired) electrons. The Morgan fingerprint density at radius 3 is 2.79 bits per heavy atom. The first-order valence-corrected chi connectivity index (χ1v) is 7.67. The van der Waals surface area contributed by atoms with Crippen LogP contribution in [-0.2, 0) is 13.0 Å². The summed E-state index contributed by atoms with van der Waals surface area (Å²) in [7, 11) is 0. The highest BCUT2D eigenvalue weighted by Gasteiger charge is 2.12. The molecule has 0 aliphatic rings. The Morgan fingerprint density at radius 2 is 2.04 bits per heavy atom. The number of rotatable bonds is 5. The van der Waals surface area contributed by atoms with Gasteiger partial charge in [-0.1, -0.05) is 29.8 Å². The van der Waals surface area contributed by atoms with Gasteiger partial charge in [0.25, 0.3) is 0 Å². The number of aromatic carboxylic acids is 1. The summed E-state index contributed by atoms with van der Waals surface area (Å²) in [4.78, 5) is 15.3. The molecule has 0 aliphatic carbocycles. The molecule has 0 fully saturated rings. The average Bonchev–Trinajstić information content (AvgIpc) is 2.98. The smallest absolute Gasteiger partial charge is 0.335 e. The van der Waals surface area contributed by atoms with Gasteiger partial charge in [-0.05, 0) is 29.8 Å². The molecule has 0 aliphatic heterocycles. The van der Waals surface area contributed by atoms with Crippen LogP contribution in [0.4, 0.5) is 4.39 Å². The maximum atomic E-state index is 14.0. The van der Waals surface area contributed by atoms with Gasteiger partial charge in [-0.15, -0.1) is 0 Å². The van der Waals surface area contributed by atoms with Crippen LogP contribution in [0.2, 0.25) is 5.02 Å². The van der Waals surface area contributed by atoms with Crippen molar-refractivity contribution in [1.82, 2.24) is 9.55 Å². The molecule has 0 saturated carbocycles. The van der Waals surface area contributed by atoms with E-state index in [4.69, 9.17) is 16.7 Å². The largest absolute Gasteiger partial charge is 0.478 e. The number of imidazole rings is 1. The van der Waals surface area contributed by atoms with Gasteiger partial charge >= 0.3 is 5.97 Å². The summed E-state index contributed by atoms with van der Waals surface area (Å²) in [6.07, 6.45) is 3.67. The number of benzene rings is 2.